The zero-order valence-electron chi connectivity index (χ0n) is 18.0. The van der Waals surface area contributed by atoms with Crippen LogP contribution in [0.2, 0.25) is 0 Å². The number of nitrogens with zero attached hydrogens (tertiary/aromatic N) is 3. The summed E-state index contributed by atoms with van der Waals surface area (Å²) >= 11 is 0. The summed E-state index contributed by atoms with van der Waals surface area (Å²) in [6, 6.07) is 3.00. The lowest BCUT2D eigenvalue weighted by molar-refractivity contribution is -0.394. The quantitative estimate of drug-likeness (QED) is 0.310. The van der Waals surface area contributed by atoms with Gasteiger partial charge in [0.05, 0.1) is 22.5 Å². The predicted octanol–water partition coefficient (Wildman–Crippen LogP) is 3.41. The molecule has 0 atom stereocenters. The number of carbonyl (C=O) groups excluding carboxylic acids is 2. The Morgan fingerprint density at radius 3 is 1.58 bits per heavy atom. The van der Waals surface area contributed by atoms with Gasteiger partial charge in [-0.3, -0.25) is 30.9 Å². The van der Waals surface area contributed by atoms with Gasteiger partial charge in [0.1, 0.15) is 11.2 Å². The zero-order chi connectivity index (χ0) is 24.0. The lowest BCUT2D eigenvalue weighted by Crippen LogP contribution is -2.47. The van der Waals surface area contributed by atoms with Gasteiger partial charge in [0, 0.05) is 12.1 Å². The van der Waals surface area contributed by atoms with E-state index in [1.54, 1.807) is 41.5 Å². The summed E-state index contributed by atoms with van der Waals surface area (Å²) in [4.78, 5) is 48.6. The van der Waals surface area contributed by atoms with E-state index in [0.717, 1.165) is 18.2 Å². The molecule has 13 heteroatoms. The van der Waals surface area contributed by atoms with E-state index in [-0.39, 0.29) is 18.1 Å². The second kappa shape index (κ2) is 9.82. The maximum absolute atomic E-state index is 12.0. The lowest BCUT2D eigenvalue weighted by Gasteiger charge is -2.22. The molecule has 0 spiro atoms. The van der Waals surface area contributed by atoms with Crippen LogP contribution in [0.3, 0.4) is 0 Å². The number of nitro benzene ring substituents is 2. The van der Waals surface area contributed by atoms with Gasteiger partial charge in [-0.2, -0.15) is 0 Å². The summed E-state index contributed by atoms with van der Waals surface area (Å²) < 4.78 is 10.2. The van der Waals surface area contributed by atoms with Gasteiger partial charge >= 0.3 is 12.2 Å². The SMILES string of the molecule is CC(C)(C)OC(=O)NC(=NCc1cc([N+](=O)[O-])cc([N+](=O)[O-])c1)NC(=O)OC(C)(C)C. The van der Waals surface area contributed by atoms with Crippen molar-refractivity contribution in [3.05, 3.63) is 44.0 Å². The molecule has 0 saturated heterocycles. The molecule has 1 aromatic carbocycles. The van der Waals surface area contributed by atoms with E-state index in [1.807, 2.05) is 0 Å². The minimum absolute atomic E-state index is 0.107. The number of carbonyl (C=O) groups is 2. The van der Waals surface area contributed by atoms with Crippen molar-refractivity contribution >= 4 is 29.5 Å². The summed E-state index contributed by atoms with van der Waals surface area (Å²) in [7, 11) is 0. The number of nitrogens with one attached hydrogen (secondary N) is 2. The minimum atomic E-state index is -0.924. The Morgan fingerprint density at radius 2 is 1.26 bits per heavy atom. The number of amides is 2. The third-order valence-corrected chi connectivity index (χ3v) is 3.04. The van der Waals surface area contributed by atoms with Crippen molar-refractivity contribution in [1.82, 2.24) is 10.6 Å². The molecule has 0 bridgehead atoms. The molecule has 0 saturated carbocycles. The van der Waals surface area contributed by atoms with E-state index in [2.05, 4.69) is 15.6 Å². The van der Waals surface area contributed by atoms with E-state index in [9.17, 15) is 29.8 Å². The van der Waals surface area contributed by atoms with Crippen molar-refractivity contribution < 1.29 is 28.9 Å². The number of aliphatic imine (C=N–C) groups is 1. The summed E-state index contributed by atoms with van der Waals surface area (Å²) in [6.45, 7) is 9.46. The highest BCUT2D eigenvalue weighted by Gasteiger charge is 2.22. The second-order valence-electron chi connectivity index (χ2n) is 8.29. The fraction of sp³-hybridized carbons (Fsp3) is 0.500. The smallest absolute Gasteiger partial charge is 0.414 e. The molecule has 0 heterocycles. The molecule has 170 valence electrons. The van der Waals surface area contributed by atoms with Crippen LogP contribution in [0.15, 0.2) is 23.2 Å². The maximum atomic E-state index is 12.0. The van der Waals surface area contributed by atoms with Crippen LogP contribution in [0, 0.1) is 20.2 Å². The first-order valence-corrected chi connectivity index (χ1v) is 9.03. The molecule has 2 N–H and O–H groups in total. The molecule has 0 radical (unpaired) electrons. The largest absolute Gasteiger partial charge is 0.444 e. The van der Waals surface area contributed by atoms with Gasteiger partial charge in [0.15, 0.2) is 0 Å². The normalized spacial score (nSPS) is 11.2. The van der Waals surface area contributed by atoms with Crippen molar-refractivity contribution in [2.75, 3.05) is 0 Å². The Bertz CT molecular complexity index is 835. The van der Waals surface area contributed by atoms with Crippen LogP contribution in [0.4, 0.5) is 21.0 Å². The molecule has 0 unspecified atom stereocenters. The molecule has 1 rings (SSSR count). The first kappa shape index (κ1) is 25.3. The Hall–Kier alpha value is -3.77. The van der Waals surface area contributed by atoms with E-state index >= 15 is 0 Å². The van der Waals surface area contributed by atoms with Gasteiger partial charge in [0.2, 0.25) is 5.96 Å². The molecule has 2 amide bonds. The highest BCUT2D eigenvalue weighted by molar-refractivity contribution is 6.01. The molecule has 1 aromatic rings. The highest BCUT2D eigenvalue weighted by atomic mass is 16.6. The van der Waals surface area contributed by atoms with E-state index in [0.29, 0.717) is 0 Å². The van der Waals surface area contributed by atoms with Crippen molar-refractivity contribution in [2.24, 2.45) is 4.99 Å². The van der Waals surface area contributed by atoms with Gasteiger partial charge in [-0.05, 0) is 47.1 Å². The third kappa shape index (κ3) is 10.0. The average molecular weight is 439 g/mol. The molecular formula is C18H25N5O8. The predicted molar refractivity (Wildman–Crippen MR) is 110 cm³/mol. The van der Waals surface area contributed by atoms with E-state index < -0.39 is 44.6 Å². The number of hydrogen-bond acceptors (Lipinski definition) is 9. The lowest BCUT2D eigenvalue weighted by atomic mass is 10.2. The van der Waals surface area contributed by atoms with Gasteiger partial charge in [0.25, 0.3) is 11.4 Å². The van der Waals surface area contributed by atoms with Crippen LogP contribution in [-0.2, 0) is 16.0 Å². The first-order chi connectivity index (χ1) is 14.1. The minimum Gasteiger partial charge on any atom is -0.444 e. The molecule has 13 nitrogen and oxygen atoms in total. The Labute approximate surface area is 178 Å². The Kier molecular flexibility index (Phi) is 8.01. The van der Waals surface area contributed by atoms with Crippen molar-refractivity contribution in [3.63, 3.8) is 0 Å². The van der Waals surface area contributed by atoms with Crippen LogP contribution in [0.1, 0.15) is 47.1 Å². The van der Waals surface area contributed by atoms with Gasteiger partial charge in [-0.25, -0.2) is 14.6 Å². The third-order valence-electron chi connectivity index (χ3n) is 3.04. The maximum Gasteiger partial charge on any atom is 0.414 e. The summed E-state index contributed by atoms with van der Waals surface area (Å²) in [5.74, 6) is -0.363. The second-order valence-corrected chi connectivity index (χ2v) is 8.29. The number of hydrogen-bond donors (Lipinski definition) is 2. The van der Waals surface area contributed by atoms with E-state index in [4.69, 9.17) is 9.47 Å². The average Bonchev–Trinajstić information content (AvgIpc) is 2.55. The molecular weight excluding hydrogens is 414 g/mol. The number of nitro groups is 2. The topological polar surface area (TPSA) is 175 Å². The van der Waals surface area contributed by atoms with Crippen LogP contribution in [-0.4, -0.2) is 39.2 Å². The van der Waals surface area contributed by atoms with Crippen molar-refractivity contribution in [2.45, 2.75) is 59.3 Å². The molecule has 0 aliphatic rings. The van der Waals surface area contributed by atoms with Crippen molar-refractivity contribution in [3.8, 4) is 0 Å². The fourth-order valence-corrected chi connectivity index (χ4v) is 2.04. The van der Waals surface area contributed by atoms with Crippen LogP contribution in [0.5, 0.6) is 0 Å². The van der Waals surface area contributed by atoms with Crippen LogP contribution < -0.4 is 10.6 Å². The number of ether oxygens (including phenoxy) is 2. The van der Waals surface area contributed by atoms with Gasteiger partial charge in [-0.1, -0.05) is 0 Å². The number of alkyl carbamates (subject to hydrolysis) is 2. The summed E-state index contributed by atoms with van der Waals surface area (Å²) in [6.07, 6.45) is -1.85. The highest BCUT2D eigenvalue weighted by Crippen LogP contribution is 2.23. The number of non-ortho nitro benzene ring substituents is 2. The molecule has 0 aromatic heterocycles. The monoisotopic (exact) mass is 439 g/mol. The summed E-state index contributed by atoms with van der Waals surface area (Å²) in [5.41, 5.74) is -2.55. The number of rotatable bonds is 4. The van der Waals surface area contributed by atoms with Crippen LogP contribution >= 0.6 is 0 Å². The van der Waals surface area contributed by atoms with E-state index in [1.165, 1.54) is 0 Å². The Balaban J connectivity index is 3.16. The van der Waals surface area contributed by atoms with Gasteiger partial charge in [-0.15, -0.1) is 0 Å². The molecule has 0 aliphatic heterocycles. The molecule has 31 heavy (non-hydrogen) atoms. The van der Waals surface area contributed by atoms with Crippen LogP contribution in [0.25, 0.3) is 0 Å². The first-order valence-electron chi connectivity index (χ1n) is 9.03. The Morgan fingerprint density at radius 1 is 0.871 bits per heavy atom. The molecule has 0 aliphatic carbocycles. The fourth-order valence-electron chi connectivity index (χ4n) is 2.04. The zero-order valence-corrected chi connectivity index (χ0v) is 18.0. The van der Waals surface area contributed by atoms with Gasteiger partial charge < -0.3 is 9.47 Å². The molecule has 0 fully saturated rings. The standard InChI is InChI=1S/C18H25N5O8/c1-17(2,3)30-15(24)20-14(21-16(25)31-18(4,5)6)19-10-11-7-12(22(26)27)9-13(8-11)23(28)29/h7-9H,10H2,1-6H3,(H2,19,20,21,24,25). The number of benzene rings is 1. The van der Waals surface area contributed by atoms with Crippen molar-refractivity contribution in [1.29, 1.82) is 0 Å². The number of guanidine groups is 1. The summed E-state index contributed by atoms with van der Waals surface area (Å²) in [5, 5.41) is 26.5.